The van der Waals surface area contributed by atoms with Crippen molar-refractivity contribution in [1.82, 2.24) is 4.57 Å². The summed E-state index contributed by atoms with van der Waals surface area (Å²) in [5.41, 5.74) is 1.21. The van der Waals surface area contributed by atoms with Gasteiger partial charge in [0.05, 0.1) is 25.5 Å². The van der Waals surface area contributed by atoms with Gasteiger partial charge in [0.1, 0.15) is 12.4 Å². The van der Waals surface area contributed by atoms with Crippen molar-refractivity contribution in [3.8, 4) is 0 Å². The fraction of sp³-hybridized carbons (Fsp3) is 0.120. The third-order valence-electron chi connectivity index (χ3n) is 5.23. The first-order valence-electron chi connectivity index (χ1n) is 9.79. The third kappa shape index (κ3) is 4.22. The van der Waals surface area contributed by atoms with Crippen molar-refractivity contribution >= 4 is 38.9 Å². The van der Waals surface area contributed by atoms with Gasteiger partial charge in [-0.1, -0.05) is 70.0 Å². The van der Waals surface area contributed by atoms with E-state index in [0.717, 1.165) is 15.7 Å². The van der Waals surface area contributed by atoms with Crippen LogP contribution in [-0.2, 0) is 19.7 Å². The molecule has 31 heavy (non-hydrogen) atoms. The summed E-state index contributed by atoms with van der Waals surface area (Å²) >= 11 is 9.66. The maximum Gasteiger partial charge on any atom is 0.299 e. The number of hydrogen-bond acceptors (Lipinski definition) is 2. The molecule has 0 saturated heterocycles. The lowest BCUT2D eigenvalue weighted by Crippen LogP contribution is -2.49. The quantitative estimate of drug-likeness (QED) is 0.295. The minimum absolute atomic E-state index is 0.509. The van der Waals surface area contributed by atoms with Crippen molar-refractivity contribution in [3.05, 3.63) is 118 Å². The summed E-state index contributed by atoms with van der Waals surface area (Å²) < 4.78 is 4.76. The van der Waals surface area contributed by atoms with Gasteiger partial charge < -0.3 is 5.11 Å². The lowest BCUT2D eigenvalue weighted by atomic mass is 9.83. The molecule has 4 nitrogen and oxygen atoms in total. The van der Waals surface area contributed by atoms with Crippen LogP contribution in [0.5, 0.6) is 0 Å². The largest absolute Gasteiger partial charge is 0.369 e. The molecule has 1 aromatic heterocycles. The minimum atomic E-state index is -1.53. The molecule has 4 aromatic rings. The SMILES string of the molecule is Cn1cc[n+](C)c1C(O)(C(=Nc1ccccc1)c1ccc(Cl)cc1)c1ccc(Br)cc1. The van der Waals surface area contributed by atoms with E-state index >= 15 is 0 Å². The molecule has 4 rings (SSSR count). The number of para-hydroxylation sites is 1. The molecule has 1 atom stereocenters. The molecule has 1 N–H and O–H groups in total. The Hall–Kier alpha value is -2.73. The van der Waals surface area contributed by atoms with Crippen LogP contribution in [0.15, 0.2) is 101 Å². The highest BCUT2D eigenvalue weighted by molar-refractivity contribution is 9.10. The number of nitrogens with zero attached hydrogens (tertiary/aromatic N) is 3. The van der Waals surface area contributed by atoms with Crippen LogP contribution in [0.25, 0.3) is 0 Å². The maximum absolute atomic E-state index is 12.5. The predicted octanol–water partition coefficient (Wildman–Crippen LogP) is 5.32. The maximum atomic E-state index is 12.5. The summed E-state index contributed by atoms with van der Waals surface area (Å²) in [6, 6.07) is 24.7. The Bertz CT molecular complexity index is 1200. The van der Waals surface area contributed by atoms with Gasteiger partial charge in [-0.2, -0.15) is 0 Å². The molecule has 3 aromatic carbocycles. The van der Waals surface area contributed by atoms with Crippen LogP contribution in [0.4, 0.5) is 5.69 Å². The number of rotatable bonds is 5. The zero-order chi connectivity index (χ0) is 22.0. The van der Waals surface area contributed by atoms with Crippen molar-refractivity contribution in [2.45, 2.75) is 5.60 Å². The van der Waals surface area contributed by atoms with Crippen molar-refractivity contribution < 1.29 is 9.67 Å². The first kappa shape index (κ1) is 21.5. The second-order valence-electron chi connectivity index (χ2n) is 7.36. The smallest absolute Gasteiger partial charge is 0.299 e. The van der Waals surface area contributed by atoms with Gasteiger partial charge in [-0.15, -0.1) is 0 Å². The molecule has 0 spiro atoms. The second kappa shape index (κ2) is 8.79. The molecule has 0 aliphatic carbocycles. The zero-order valence-electron chi connectivity index (χ0n) is 17.2. The number of halogens is 2. The van der Waals surface area contributed by atoms with Crippen LogP contribution in [-0.4, -0.2) is 15.4 Å². The molecule has 0 bridgehead atoms. The first-order chi connectivity index (χ1) is 14.9. The molecule has 0 amide bonds. The van der Waals surface area contributed by atoms with Gasteiger partial charge in [-0.3, -0.25) is 0 Å². The number of aryl methyl sites for hydroxylation is 2. The van der Waals surface area contributed by atoms with Crippen LogP contribution in [0.2, 0.25) is 5.02 Å². The monoisotopic (exact) mass is 494 g/mol. The first-order valence-corrected chi connectivity index (χ1v) is 11.0. The van der Waals surface area contributed by atoms with Crippen LogP contribution in [0.1, 0.15) is 17.0 Å². The van der Waals surface area contributed by atoms with Crippen LogP contribution < -0.4 is 4.57 Å². The average Bonchev–Trinajstić information content (AvgIpc) is 3.12. The highest BCUT2D eigenvalue weighted by Gasteiger charge is 2.47. The van der Waals surface area contributed by atoms with E-state index in [9.17, 15) is 5.11 Å². The molecule has 1 heterocycles. The Kier molecular flexibility index (Phi) is 6.10. The summed E-state index contributed by atoms with van der Waals surface area (Å²) in [5, 5.41) is 13.1. The Balaban J connectivity index is 2.06. The lowest BCUT2D eigenvalue weighted by molar-refractivity contribution is -0.683. The topological polar surface area (TPSA) is 41.4 Å². The summed E-state index contributed by atoms with van der Waals surface area (Å²) in [6.07, 6.45) is 3.84. The molecule has 0 aliphatic heterocycles. The van der Waals surface area contributed by atoms with Crippen molar-refractivity contribution in [2.24, 2.45) is 19.1 Å². The van der Waals surface area contributed by atoms with Crippen LogP contribution in [0.3, 0.4) is 0 Å². The van der Waals surface area contributed by atoms with E-state index in [1.807, 2.05) is 114 Å². The van der Waals surface area contributed by atoms with Gasteiger partial charge in [-0.25, -0.2) is 14.1 Å². The van der Waals surface area contributed by atoms with E-state index in [4.69, 9.17) is 16.6 Å². The normalized spacial score (nSPS) is 13.8. The molecule has 0 fully saturated rings. The highest BCUT2D eigenvalue weighted by atomic mass is 79.9. The fourth-order valence-electron chi connectivity index (χ4n) is 3.76. The third-order valence-corrected chi connectivity index (χ3v) is 6.01. The summed E-state index contributed by atoms with van der Waals surface area (Å²) in [4.78, 5) is 4.95. The van der Waals surface area contributed by atoms with Crippen molar-refractivity contribution in [3.63, 3.8) is 0 Å². The van der Waals surface area contributed by atoms with E-state index in [1.54, 1.807) is 0 Å². The molecule has 6 heteroatoms. The van der Waals surface area contributed by atoms with Gasteiger partial charge in [0, 0.05) is 20.6 Å². The van der Waals surface area contributed by atoms with Gasteiger partial charge in [0.25, 0.3) is 5.82 Å². The lowest BCUT2D eigenvalue weighted by Gasteiger charge is -2.28. The average molecular weight is 496 g/mol. The summed E-state index contributed by atoms with van der Waals surface area (Å²) in [6.45, 7) is 0. The number of aliphatic hydroxyl groups is 1. The molecule has 0 radical (unpaired) electrons. The molecule has 156 valence electrons. The van der Waals surface area contributed by atoms with Crippen molar-refractivity contribution in [1.29, 1.82) is 0 Å². The van der Waals surface area contributed by atoms with Gasteiger partial charge in [0.15, 0.2) is 0 Å². The Labute approximate surface area is 195 Å². The molecular weight excluding hydrogens is 474 g/mol. The number of benzene rings is 3. The molecule has 0 aliphatic rings. The minimum Gasteiger partial charge on any atom is -0.369 e. The van der Waals surface area contributed by atoms with E-state index < -0.39 is 5.60 Å². The number of aliphatic imine (C=N–C) groups is 1. The van der Waals surface area contributed by atoms with E-state index in [1.165, 1.54) is 0 Å². The predicted molar refractivity (Wildman–Crippen MR) is 128 cm³/mol. The van der Waals surface area contributed by atoms with Gasteiger partial charge in [-0.05, 0) is 36.4 Å². The standard InChI is InChI=1S/C25H22BrClN3O/c1-29-16-17-30(2)24(29)25(31,19-10-12-20(26)13-11-19)23(18-8-14-21(27)15-9-18)28-22-6-4-3-5-7-22/h3-17,31H,1-2H3/q+1. The number of aromatic nitrogens is 2. The van der Waals surface area contributed by atoms with Crippen LogP contribution >= 0.6 is 27.5 Å². The number of hydrogen-bond donors (Lipinski definition) is 1. The molecule has 1 unspecified atom stereocenters. The summed E-state index contributed by atoms with van der Waals surface area (Å²) in [7, 11) is 3.84. The Morgan fingerprint density at radius 1 is 1.00 bits per heavy atom. The Morgan fingerprint density at radius 2 is 1.65 bits per heavy atom. The molecule has 0 saturated carbocycles. The van der Waals surface area contributed by atoms with E-state index in [0.29, 0.717) is 22.1 Å². The molecular formula is C25H22BrClN3O+. The second-order valence-corrected chi connectivity index (χ2v) is 8.72. The van der Waals surface area contributed by atoms with E-state index in [-0.39, 0.29) is 0 Å². The summed E-state index contributed by atoms with van der Waals surface area (Å²) in [5.74, 6) is 0.680. The zero-order valence-corrected chi connectivity index (χ0v) is 19.5. The van der Waals surface area contributed by atoms with Gasteiger partial charge >= 0.3 is 0 Å². The Morgan fingerprint density at radius 3 is 2.23 bits per heavy atom. The van der Waals surface area contributed by atoms with Crippen LogP contribution in [0, 0.1) is 0 Å². The fourth-order valence-corrected chi connectivity index (χ4v) is 4.15. The number of imidazole rings is 1. The van der Waals surface area contributed by atoms with Crippen molar-refractivity contribution in [2.75, 3.05) is 0 Å². The van der Waals surface area contributed by atoms with E-state index in [2.05, 4.69) is 15.9 Å². The highest BCUT2D eigenvalue weighted by Crippen LogP contribution is 2.35. The van der Waals surface area contributed by atoms with Gasteiger partial charge in [0.2, 0.25) is 5.60 Å².